The van der Waals surface area contributed by atoms with Gasteiger partial charge in [-0.1, -0.05) is 12.1 Å². The predicted octanol–water partition coefficient (Wildman–Crippen LogP) is 3.32. The van der Waals surface area contributed by atoms with Crippen LogP contribution in [0.5, 0.6) is 5.75 Å². The van der Waals surface area contributed by atoms with Gasteiger partial charge in [0, 0.05) is 6.20 Å². The Morgan fingerprint density at radius 2 is 2.11 bits per heavy atom. The quantitative estimate of drug-likeness (QED) is 0.920. The summed E-state index contributed by atoms with van der Waals surface area (Å²) in [6.07, 6.45) is 1.22. The van der Waals surface area contributed by atoms with Crippen molar-refractivity contribution < 1.29 is 9.84 Å². The van der Waals surface area contributed by atoms with Gasteiger partial charge in [0.25, 0.3) is 0 Å². The van der Waals surface area contributed by atoms with Crippen LogP contribution in [0.25, 0.3) is 0 Å². The minimum absolute atomic E-state index is 0.128. The maximum atomic E-state index is 10.3. The van der Waals surface area contributed by atoms with Gasteiger partial charge in [-0.15, -0.1) is 11.3 Å². The standard InChI is InChI=1S/C14H17NO2S/c1-9(2)17-12-6-4-5-11(7-12)14(16)13-8-15-10(3)18-13/h4-9,14,16H,1-3H3. The molecule has 0 amide bonds. The number of aliphatic hydroxyl groups is 1. The first-order valence-corrected chi connectivity index (χ1v) is 6.75. The summed E-state index contributed by atoms with van der Waals surface area (Å²) in [5.41, 5.74) is 0.830. The fourth-order valence-corrected chi connectivity index (χ4v) is 2.50. The lowest BCUT2D eigenvalue weighted by molar-refractivity contribution is 0.219. The maximum Gasteiger partial charge on any atom is 0.120 e. The van der Waals surface area contributed by atoms with E-state index >= 15 is 0 Å². The Bertz CT molecular complexity index is 522. The first-order chi connectivity index (χ1) is 8.56. The van der Waals surface area contributed by atoms with Crippen LogP contribution < -0.4 is 4.74 Å². The van der Waals surface area contributed by atoms with E-state index in [1.54, 1.807) is 6.20 Å². The summed E-state index contributed by atoms with van der Waals surface area (Å²) in [5, 5.41) is 11.2. The molecule has 0 saturated carbocycles. The molecule has 1 aromatic carbocycles. The van der Waals surface area contributed by atoms with Crippen molar-refractivity contribution in [3.8, 4) is 5.75 Å². The van der Waals surface area contributed by atoms with Crippen molar-refractivity contribution in [1.29, 1.82) is 0 Å². The van der Waals surface area contributed by atoms with Gasteiger partial charge in [0.15, 0.2) is 0 Å². The highest BCUT2D eigenvalue weighted by molar-refractivity contribution is 7.11. The SMILES string of the molecule is Cc1ncc(C(O)c2cccc(OC(C)C)c2)s1. The number of thiazole rings is 1. The second kappa shape index (κ2) is 5.50. The van der Waals surface area contributed by atoms with Crippen LogP contribution >= 0.6 is 11.3 Å². The van der Waals surface area contributed by atoms with Gasteiger partial charge in [-0.05, 0) is 38.5 Å². The lowest BCUT2D eigenvalue weighted by Gasteiger charge is -2.13. The number of hydrogen-bond acceptors (Lipinski definition) is 4. The van der Waals surface area contributed by atoms with Crippen LogP contribution in [0.15, 0.2) is 30.5 Å². The fourth-order valence-electron chi connectivity index (χ4n) is 1.70. The first kappa shape index (κ1) is 13.1. The van der Waals surface area contributed by atoms with Crippen LogP contribution in [0, 0.1) is 6.92 Å². The van der Waals surface area contributed by atoms with E-state index in [-0.39, 0.29) is 6.10 Å². The molecule has 0 aliphatic carbocycles. The number of aliphatic hydroxyl groups excluding tert-OH is 1. The third kappa shape index (κ3) is 3.09. The molecular weight excluding hydrogens is 246 g/mol. The van der Waals surface area contributed by atoms with Crippen LogP contribution in [0.1, 0.15) is 35.4 Å². The molecule has 1 heterocycles. The Morgan fingerprint density at radius 1 is 1.33 bits per heavy atom. The summed E-state index contributed by atoms with van der Waals surface area (Å²) in [7, 11) is 0. The van der Waals surface area contributed by atoms with E-state index in [0.29, 0.717) is 0 Å². The van der Waals surface area contributed by atoms with E-state index in [4.69, 9.17) is 4.74 Å². The second-order valence-electron chi connectivity index (χ2n) is 4.42. The lowest BCUT2D eigenvalue weighted by atomic mass is 10.1. The summed E-state index contributed by atoms with van der Waals surface area (Å²) < 4.78 is 5.62. The average molecular weight is 263 g/mol. The van der Waals surface area contributed by atoms with Crippen molar-refractivity contribution in [2.24, 2.45) is 0 Å². The summed E-state index contributed by atoms with van der Waals surface area (Å²) >= 11 is 1.51. The van der Waals surface area contributed by atoms with Gasteiger partial charge in [0.2, 0.25) is 0 Å². The molecule has 1 N–H and O–H groups in total. The van der Waals surface area contributed by atoms with Crippen molar-refractivity contribution in [2.75, 3.05) is 0 Å². The topological polar surface area (TPSA) is 42.4 Å². The van der Waals surface area contributed by atoms with Crippen molar-refractivity contribution in [3.63, 3.8) is 0 Å². The van der Waals surface area contributed by atoms with E-state index in [9.17, 15) is 5.11 Å². The summed E-state index contributed by atoms with van der Waals surface area (Å²) in [6.45, 7) is 5.89. The van der Waals surface area contributed by atoms with E-state index in [1.807, 2.05) is 45.0 Å². The van der Waals surface area contributed by atoms with Crippen LogP contribution in [0.3, 0.4) is 0 Å². The van der Waals surface area contributed by atoms with Crippen molar-refractivity contribution in [2.45, 2.75) is 33.0 Å². The zero-order valence-electron chi connectivity index (χ0n) is 10.8. The van der Waals surface area contributed by atoms with Gasteiger partial charge in [0.1, 0.15) is 11.9 Å². The minimum atomic E-state index is -0.632. The Balaban J connectivity index is 2.22. The minimum Gasteiger partial charge on any atom is -0.491 e. The highest BCUT2D eigenvalue weighted by atomic mass is 32.1. The second-order valence-corrected chi connectivity index (χ2v) is 5.69. The van der Waals surface area contributed by atoms with Crippen molar-refractivity contribution in [1.82, 2.24) is 4.98 Å². The maximum absolute atomic E-state index is 10.3. The highest BCUT2D eigenvalue weighted by Crippen LogP contribution is 2.28. The van der Waals surface area contributed by atoms with Gasteiger partial charge in [-0.25, -0.2) is 4.98 Å². The molecule has 0 radical (unpaired) electrons. The number of rotatable bonds is 4. The zero-order valence-corrected chi connectivity index (χ0v) is 11.6. The third-order valence-electron chi connectivity index (χ3n) is 2.45. The number of aryl methyl sites for hydroxylation is 1. The number of hydrogen-bond donors (Lipinski definition) is 1. The number of nitrogens with zero attached hydrogens (tertiary/aromatic N) is 1. The molecule has 96 valence electrons. The van der Waals surface area contributed by atoms with Gasteiger partial charge in [-0.2, -0.15) is 0 Å². The Hall–Kier alpha value is -1.39. The monoisotopic (exact) mass is 263 g/mol. The molecule has 1 unspecified atom stereocenters. The molecule has 2 rings (SSSR count). The highest BCUT2D eigenvalue weighted by Gasteiger charge is 2.14. The largest absolute Gasteiger partial charge is 0.491 e. The average Bonchev–Trinajstić information content (AvgIpc) is 2.74. The first-order valence-electron chi connectivity index (χ1n) is 5.93. The smallest absolute Gasteiger partial charge is 0.120 e. The Kier molecular flexibility index (Phi) is 3.99. The van der Waals surface area contributed by atoms with Gasteiger partial charge in [-0.3, -0.25) is 0 Å². The Labute approximate surface area is 111 Å². The number of aromatic nitrogens is 1. The molecule has 4 heteroatoms. The van der Waals surface area contributed by atoms with Crippen LogP contribution in [0.2, 0.25) is 0 Å². The van der Waals surface area contributed by atoms with E-state index in [1.165, 1.54) is 11.3 Å². The van der Waals surface area contributed by atoms with Gasteiger partial charge in [0.05, 0.1) is 16.0 Å². The summed E-state index contributed by atoms with van der Waals surface area (Å²) in [5.74, 6) is 0.780. The molecular formula is C14H17NO2S. The molecule has 0 aliphatic rings. The third-order valence-corrected chi connectivity index (χ3v) is 3.42. The molecule has 18 heavy (non-hydrogen) atoms. The Morgan fingerprint density at radius 3 is 2.72 bits per heavy atom. The van der Waals surface area contributed by atoms with E-state index in [2.05, 4.69) is 4.98 Å². The van der Waals surface area contributed by atoms with Gasteiger partial charge < -0.3 is 9.84 Å². The van der Waals surface area contributed by atoms with Crippen LogP contribution in [-0.4, -0.2) is 16.2 Å². The predicted molar refractivity (Wildman–Crippen MR) is 73.1 cm³/mol. The molecule has 1 aromatic heterocycles. The molecule has 3 nitrogen and oxygen atoms in total. The zero-order chi connectivity index (χ0) is 13.1. The number of ether oxygens (including phenoxy) is 1. The summed E-state index contributed by atoms with van der Waals surface area (Å²) in [6, 6.07) is 7.56. The molecule has 0 saturated heterocycles. The normalized spacial score (nSPS) is 12.7. The molecule has 2 aromatic rings. The van der Waals surface area contributed by atoms with E-state index in [0.717, 1.165) is 21.2 Å². The number of benzene rings is 1. The van der Waals surface area contributed by atoms with Crippen molar-refractivity contribution in [3.05, 3.63) is 45.9 Å². The fraction of sp³-hybridized carbons (Fsp3) is 0.357. The van der Waals surface area contributed by atoms with E-state index < -0.39 is 6.10 Å². The molecule has 0 fully saturated rings. The summed E-state index contributed by atoms with van der Waals surface area (Å²) in [4.78, 5) is 5.02. The van der Waals surface area contributed by atoms with Gasteiger partial charge >= 0.3 is 0 Å². The lowest BCUT2D eigenvalue weighted by Crippen LogP contribution is -2.06. The van der Waals surface area contributed by atoms with Crippen molar-refractivity contribution >= 4 is 11.3 Å². The molecule has 0 aliphatic heterocycles. The van der Waals surface area contributed by atoms with Crippen LogP contribution in [-0.2, 0) is 0 Å². The van der Waals surface area contributed by atoms with Crippen LogP contribution in [0.4, 0.5) is 0 Å². The molecule has 0 spiro atoms. The molecule has 1 atom stereocenters. The molecule has 0 bridgehead atoms.